The lowest BCUT2D eigenvalue weighted by Crippen LogP contribution is -2.30. The van der Waals surface area contributed by atoms with E-state index in [-0.39, 0.29) is 6.61 Å². The first-order valence-corrected chi connectivity index (χ1v) is 7.99. The smallest absolute Gasteiger partial charge is 0.0798 e. The quantitative estimate of drug-likeness (QED) is 0.919. The van der Waals surface area contributed by atoms with Gasteiger partial charge in [0.25, 0.3) is 0 Å². The molecule has 3 rings (SSSR count). The Balaban J connectivity index is 1.83. The molecule has 0 unspecified atom stereocenters. The Morgan fingerprint density at radius 3 is 3.00 bits per heavy atom. The summed E-state index contributed by atoms with van der Waals surface area (Å²) in [7, 11) is 0. The van der Waals surface area contributed by atoms with Crippen LogP contribution in [0.4, 0.5) is 0 Å². The molecule has 1 aromatic heterocycles. The Hall–Kier alpha value is -1.23. The molecule has 1 heterocycles. The van der Waals surface area contributed by atoms with Gasteiger partial charge in [-0.3, -0.25) is 4.90 Å². The number of aryl methyl sites for hydroxylation is 2. The van der Waals surface area contributed by atoms with Crippen molar-refractivity contribution in [3.8, 4) is 0 Å². The summed E-state index contributed by atoms with van der Waals surface area (Å²) in [5.41, 5.74) is 5.92. The highest BCUT2D eigenvalue weighted by molar-refractivity contribution is 7.09. The van der Waals surface area contributed by atoms with E-state index in [9.17, 15) is 5.11 Å². The predicted molar refractivity (Wildman–Crippen MR) is 81.9 cm³/mol. The Kier molecular flexibility index (Phi) is 4.15. The van der Waals surface area contributed by atoms with Crippen molar-refractivity contribution in [2.75, 3.05) is 13.2 Å². The maximum Gasteiger partial charge on any atom is 0.0798 e. The molecule has 4 heteroatoms. The molecule has 1 aliphatic carbocycles. The highest BCUT2D eigenvalue weighted by Gasteiger charge is 2.27. The molecule has 1 aromatic carbocycles. The van der Waals surface area contributed by atoms with Gasteiger partial charge in [-0.25, -0.2) is 4.98 Å². The van der Waals surface area contributed by atoms with Crippen molar-refractivity contribution in [2.24, 2.45) is 0 Å². The standard InChI is InChI=1S/C16H20N2OS/c1-12-16(20-11-17-12)10-18(8-9-19)15-7-6-13-4-2-3-5-14(13)15/h2-5,11,15,19H,6-10H2,1H3/t15-/m0/s1. The van der Waals surface area contributed by atoms with Gasteiger partial charge in [0.05, 0.1) is 17.8 Å². The first kappa shape index (κ1) is 13.7. The Labute approximate surface area is 123 Å². The van der Waals surface area contributed by atoms with Crippen LogP contribution in [-0.2, 0) is 13.0 Å². The maximum atomic E-state index is 9.39. The normalized spacial score (nSPS) is 17.6. The third-order valence-electron chi connectivity index (χ3n) is 4.12. The number of nitrogens with zero attached hydrogens (tertiary/aromatic N) is 2. The van der Waals surface area contributed by atoms with Gasteiger partial charge < -0.3 is 5.11 Å². The molecule has 0 amide bonds. The van der Waals surface area contributed by atoms with Crippen molar-refractivity contribution < 1.29 is 5.11 Å². The lowest BCUT2D eigenvalue weighted by atomic mass is 10.1. The zero-order chi connectivity index (χ0) is 13.9. The molecule has 2 aromatic rings. The summed E-state index contributed by atoms with van der Waals surface area (Å²) in [6.07, 6.45) is 2.29. The summed E-state index contributed by atoms with van der Waals surface area (Å²) in [5, 5.41) is 9.39. The van der Waals surface area contributed by atoms with Crippen LogP contribution >= 0.6 is 11.3 Å². The van der Waals surface area contributed by atoms with E-state index in [0.717, 1.165) is 31.6 Å². The summed E-state index contributed by atoms with van der Waals surface area (Å²) in [4.78, 5) is 8.03. The number of fused-ring (bicyclic) bond motifs is 1. The highest BCUT2D eigenvalue weighted by Crippen LogP contribution is 2.36. The van der Waals surface area contributed by atoms with Crippen molar-refractivity contribution in [2.45, 2.75) is 32.4 Å². The molecule has 1 N–H and O–H groups in total. The van der Waals surface area contributed by atoms with Crippen LogP contribution in [0.15, 0.2) is 29.8 Å². The van der Waals surface area contributed by atoms with Crippen molar-refractivity contribution in [1.29, 1.82) is 0 Å². The minimum absolute atomic E-state index is 0.205. The SMILES string of the molecule is Cc1ncsc1CN(CCO)[C@H]1CCc2ccccc21. The molecule has 0 fully saturated rings. The molecular formula is C16H20N2OS. The van der Waals surface area contributed by atoms with Gasteiger partial charge in [-0.2, -0.15) is 0 Å². The van der Waals surface area contributed by atoms with Crippen LogP contribution in [0, 0.1) is 6.92 Å². The second-order valence-corrected chi connectivity index (χ2v) is 6.25. The van der Waals surface area contributed by atoms with E-state index in [0.29, 0.717) is 6.04 Å². The van der Waals surface area contributed by atoms with Gasteiger partial charge in [-0.1, -0.05) is 24.3 Å². The zero-order valence-corrected chi connectivity index (χ0v) is 12.6. The van der Waals surface area contributed by atoms with Crippen molar-refractivity contribution in [3.63, 3.8) is 0 Å². The third kappa shape index (κ3) is 2.64. The minimum atomic E-state index is 0.205. The number of hydrogen-bond donors (Lipinski definition) is 1. The molecule has 0 spiro atoms. The molecule has 1 aliphatic rings. The molecule has 106 valence electrons. The summed E-state index contributed by atoms with van der Waals surface area (Å²) >= 11 is 1.71. The summed E-state index contributed by atoms with van der Waals surface area (Å²) in [5.74, 6) is 0. The van der Waals surface area contributed by atoms with Crippen LogP contribution in [0.2, 0.25) is 0 Å². The molecule has 20 heavy (non-hydrogen) atoms. The number of thiazole rings is 1. The number of rotatable bonds is 5. The number of benzene rings is 1. The molecule has 1 atom stereocenters. The fraction of sp³-hybridized carbons (Fsp3) is 0.438. The number of hydrogen-bond acceptors (Lipinski definition) is 4. The van der Waals surface area contributed by atoms with Crippen LogP contribution in [0.5, 0.6) is 0 Å². The summed E-state index contributed by atoms with van der Waals surface area (Å²) < 4.78 is 0. The van der Waals surface area contributed by atoms with E-state index < -0.39 is 0 Å². The van der Waals surface area contributed by atoms with Crippen LogP contribution < -0.4 is 0 Å². The van der Waals surface area contributed by atoms with E-state index in [1.54, 1.807) is 11.3 Å². The largest absolute Gasteiger partial charge is 0.395 e. The maximum absolute atomic E-state index is 9.39. The molecule has 0 aliphatic heterocycles. The topological polar surface area (TPSA) is 36.4 Å². The van der Waals surface area contributed by atoms with Gasteiger partial charge >= 0.3 is 0 Å². The van der Waals surface area contributed by atoms with Crippen molar-refractivity contribution in [1.82, 2.24) is 9.88 Å². The van der Waals surface area contributed by atoms with Gasteiger partial charge in [-0.05, 0) is 30.9 Å². The van der Waals surface area contributed by atoms with Crippen LogP contribution in [0.3, 0.4) is 0 Å². The van der Waals surface area contributed by atoms with Crippen molar-refractivity contribution in [3.05, 3.63) is 51.5 Å². The van der Waals surface area contributed by atoms with E-state index in [4.69, 9.17) is 0 Å². The molecule has 0 bridgehead atoms. The van der Waals surface area contributed by atoms with E-state index in [1.807, 2.05) is 5.51 Å². The lowest BCUT2D eigenvalue weighted by Gasteiger charge is -2.28. The molecule has 0 saturated heterocycles. The highest BCUT2D eigenvalue weighted by atomic mass is 32.1. The van der Waals surface area contributed by atoms with Gasteiger partial charge in [-0.15, -0.1) is 11.3 Å². The number of aliphatic hydroxyl groups excluding tert-OH is 1. The van der Waals surface area contributed by atoms with Crippen molar-refractivity contribution >= 4 is 11.3 Å². The first-order valence-electron chi connectivity index (χ1n) is 7.11. The van der Waals surface area contributed by atoms with Gasteiger partial charge in [0.15, 0.2) is 0 Å². The zero-order valence-electron chi connectivity index (χ0n) is 11.7. The average molecular weight is 288 g/mol. The number of aromatic nitrogens is 1. The van der Waals surface area contributed by atoms with Gasteiger partial charge in [0, 0.05) is 24.0 Å². The fourth-order valence-corrected chi connectivity index (χ4v) is 3.85. The Morgan fingerprint density at radius 1 is 1.40 bits per heavy atom. The van der Waals surface area contributed by atoms with E-state index >= 15 is 0 Å². The minimum Gasteiger partial charge on any atom is -0.395 e. The number of aliphatic hydroxyl groups is 1. The van der Waals surface area contributed by atoms with Gasteiger partial charge in [0.2, 0.25) is 0 Å². The monoisotopic (exact) mass is 288 g/mol. The molecule has 3 nitrogen and oxygen atoms in total. The average Bonchev–Trinajstić information content (AvgIpc) is 3.05. The predicted octanol–water partition coefficient (Wildman–Crippen LogP) is 2.93. The molecular weight excluding hydrogens is 268 g/mol. The Bertz CT molecular complexity index is 581. The lowest BCUT2D eigenvalue weighted by molar-refractivity contribution is 0.143. The molecule has 0 radical (unpaired) electrons. The fourth-order valence-electron chi connectivity index (χ4n) is 3.05. The van der Waals surface area contributed by atoms with E-state index in [1.165, 1.54) is 16.0 Å². The van der Waals surface area contributed by atoms with Gasteiger partial charge in [0.1, 0.15) is 0 Å². The first-order chi connectivity index (χ1) is 9.79. The van der Waals surface area contributed by atoms with E-state index in [2.05, 4.69) is 41.1 Å². The second-order valence-electron chi connectivity index (χ2n) is 5.31. The second kappa shape index (κ2) is 6.04. The third-order valence-corrected chi connectivity index (χ3v) is 5.04. The Morgan fingerprint density at radius 2 is 2.25 bits per heavy atom. The van der Waals surface area contributed by atoms with Crippen LogP contribution in [0.25, 0.3) is 0 Å². The summed E-state index contributed by atoms with van der Waals surface area (Å²) in [6, 6.07) is 9.12. The molecule has 0 saturated carbocycles. The summed E-state index contributed by atoms with van der Waals surface area (Å²) in [6.45, 7) is 3.87. The van der Waals surface area contributed by atoms with Crippen LogP contribution in [0.1, 0.15) is 34.2 Å². The van der Waals surface area contributed by atoms with Crippen LogP contribution in [-0.4, -0.2) is 28.1 Å².